The van der Waals surface area contributed by atoms with Crippen LogP contribution in [0.5, 0.6) is 5.88 Å². The van der Waals surface area contributed by atoms with Crippen LogP contribution in [0.15, 0.2) is 18.2 Å². The molecule has 0 amide bonds. The smallest absolute Gasteiger partial charge is 0.222 e. The number of nitrogens with zero attached hydrogens (tertiary/aromatic N) is 3. The van der Waals surface area contributed by atoms with E-state index >= 15 is 0 Å². The molecule has 140 valence electrons. The third kappa shape index (κ3) is 3.77. The van der Waals surface area contributed by atoms with Crippen LogP contribution in [-0.4, -0.2) is 22.6 Å². The quantitative estimate of drug-likeness (QED) is 0.638. The van der Waals surface area contributed by atoms with Crippen molar-refractivity contribution in [2.45, 2.75) is 47.1 Å². The fourth-order valence-electron chi connectivity index (χ4n) is 3.53. The molecule has 4 nitrogen and oxygen atoms in total. The fraction of sp³-hybridized carbons (Fsp3) is 0.500. The van der Waals surface area contributed by atoms with Crippen LogP contribution in [0.25, 0.3) is 0 Å². The standard InChI is InChI=1S/C20H25Cl2N3O/c1-11(2)18(12(3)4)26-20-15-8-9-25(19(15)23-13(5)24-20)17-7-6-14(21)10-16(17)22/h6-7,10-12,18H,8-9H2,1-5H3. The summed E-state index contributed by atoms with van der Waals surface area (Å²) < 4.78 is 6.36. The van der Waals surface area contributed by atoms with Crippen LogP contribution in [0.2, 0.25) is 10.0 Å². The van der Waals surface area contributed by atoms with E-state index in [1.165, 1.54) is 0 Å². The van der Waals surface area contributed by atoms with Gasteiger partial charge in [-0.05, 0) is 43.4 Å². The van der Waals surface area contributed by atoms with Gasteiger partial charge in [0.15, 0.2) is 0 Å². The van der Waals surface area contributed by atoms with E-state index in [1.54, 1.807) is 6.07 Å². The van der Waals surface area contributed by atoms with Gasteiger partial charge in [-0.1, -0.05) is 50.9 Å². The van der Waals surface area contributed by atoms with Gasteiger partial charge < -0.3 is 9.64 Å². The average Bonchev–Trinajstić information content (AvgIpc) is 2.95. The molecule has 0 atom stereocenters. The summed E-state index contributed by atoms with van der Waals surface area (Å²) >= 11 is 12.5. The number of rotatable bonds is 5. The van der Waals surface area contributed by atoms with Crippen molar-refractivity contribution in [3.8, 4) is 5.88 Å². The SMILES string of the molecule is Cc1nc(OC(C(C)C)C(C)C)c2c(n1)N(c1ccc(Cl)cc1Cl)CC2. The summed E-state index contributed by atoms with van der Waals surface area (Å²) in [6, 6.07) is 5.54. The third-order valence-electron chi connectivity index (χ3n) is 4.66. The largest absolute Gasteiger partial charge is 0.473 e. The Labute approximate surface area is 165 Å². The van der Waals surface area contributed by atoms with Crippen molar-refractivity contribution in [2.75, 3.05) is 11.4 Å². The number of aromatic nitrogens is 2. The molecule has 0 saturated heterocycles. The van der Waals surface area contributed by atoms with Crippen molar-refractivity contribution < 1.29 is 4.74 Å². The molecule has 0 aliphatic carbocycles. The maximum absolute atomic E-state index is 6.42. The van der Waals surface area contributed by atoms with E-state index in [4.69, 9.17) is 27.9 Å². The molecule has 0 unspecified atom stereocenters. The average molecular weight is 394 g/mol. The predicted molar refractivity (Wildman–Crippen MR) is 108 cm³/mol. The molecule has 0 saturated carbocycles. The zero-order valence-electron chi connectivity index (χ0n) is 15.9. The van der Waals surface area contributed by atoms with Crippen LogP contribution in [0, 0.1) is 18.8 Å². The van der Waals surface area contributed by atoms with Gasteiger partial charge in [0.25, 0.3) is 0 Å². The molecule has 1 aliphatic heterocycles. The summed E-state index contributed by atoms with van der Waals surface area (Å²) in [5, 5.41) is 1.24. The van der Waals surface area contributed by atoms with E-state index in [0.29, 0.717) is 33.6 Å². The zero-order chi connectivity index (χ0) is 19.0. The number of benzene rings is 1. The number of hydrogen-bond donors (Lipinski definition) is 0. The molecule has 0 spiro atoms. The molecule has 2 heterocycles. The first-order chi connectivity index (χ1) is 12.3. The Hall–Kier alpha value is -1.52. The molecule has 0 radical (unpaired) electrons. The molecular formula is C20H25Cl2N3O. The van der Waals surface area contributed by atoms with Crippen molar-refractivity contribution in [2.24, 2.45) is 11.8 Å². The van der Waals surface area contributed by atoms with Crippen molar-refractivity contribution in [3.63, 3.8) is 0 Å². The van der Waals surface area contributed by atoms with Gasteiger partial charge in [0, 0.05) is 11.6 Å². The van der Waals surface area contributed by atoms with Gasteiger partial charge in [-0.3, -0.25) is 0 Å². The van der Waals surface area contributed by atoms with Gasteiger partial charge in [-0.2, -0.15) is 4.98 Å². The minimum absolute atomic E-state index is 0.113. The highest BCUT2D eigenvalue weighted by Gasteiger charge is 2.30. The van der Waals surface area contributed by atoms with Crippen LogP contribution in [0.1, 0.15) is 39.1 Å². The highest BCUT2D eigenvalue weighted by molar-refractivity contribution is 6.36. The fourth-order valence-corrected chi connectivity index (χ4v) is 4.04. The van der Waals surface area contributed by atoms with Crippen molar-refractivity contribution in [1.29, 1.82) is 0 Å². The summed E-state index contributed by atoms with van der Waals surface area (Å²) in [5.41, 5.74) is 1.95. The first-order valence-corrected chi connectivity index (χ1v) is 9.80. The van der Waals surface area contributed by atoms with Gasteiger partial charge in [-0.15, -0.1) is 0 Å². The van der Waals surface area contributed by atoms with E-state index in [-0.39, 0.29) is 6.10 Å². The number of ether oxygens (including phenoxy) is 1. The maximum atomic E-state index is 6.42. The van der Waals surface area contributed by atoms with Crippen LogP contribution in [-0.2, 0) is 6.42 Å². The molecule has 1 aromatic heterocycles. The third-order valence-corrected chi connectivity index (χ3v) is 5.20. The second-order valence-electron chi connectivity index (χ2n) is 7.45. The highest BCUT2D eigenvalue weighted by atomic mass is 35.5. The zero-order valence-corrected chi connectivity index (χ0v) is 17.4. The van der Waals surface area contributed by atoms with E-state index < -0.39 is 0 Å². The van der Waals surface area contributed by atoms with E-state index in [0.717, 1.165) is 30.0 Å². The minimum atomic E-state index is 0.113. The van der Waals surface area contributed by atoms with Crippen LogP contribution in [0.3, 0.4) is 0 Å². The number of hydrogen-bond acceptors (Lipinski definition) is 4. The molecule has 1 aliphatic rings. The molecule has 26 heavy (non-hydrogen) atoms. The summed E-state index contributed by atoms with van der Waals surface area (Å²) in [6.45, 7) is 11.4. The molecular weight excluding hydrogens is 369 g/mol. The summed E-state index contributed by atoms with van der Waals surface area (Å²) in [5.74, 6) is 3.09. The van der Waals surface area contributed by atoms with Gasteiger partial charge >= 0.3 is 0 Å². The van der Waals surface area contributed by atoms with Crippen molar-refractivity contribution in [3.05, 3.63) is 39.6 Å². The lowest BCUT2D eigenvalue weighted by atomic mass is 9.96. The Kier molecular flexibility index (Phi) is 5.64. The second kappa shape index (κ2) is 7.61. The van der Waals surface area contributed by atoms with Gasteiger partial charge in [0.2, 0.25) is 5.88 Å². The summed E-state index contributed by atoms with van der Waals surface area (Å²) in [7, 11) is 0. The maximum Gasteiger partial charge on any atom is 0.222 e. The van der Waals surface area contributed by atoms with Gasteiger partial charge in [0.1, 0.15) is 17.7 Å². The van der Waals surface area contributed by atoms with Crippen molar-refractivity contribution >= 4 is 34.7 Å². The molecule has 0 N–H and O–H groups in total. The molecule has 6 heteroatoms. The van der Waals surface area contributed by atoms with Crippen molar-refractivity contribution in [1.82, 2.24) is 9.97 Å². The topological polar surface area (TPSA) is 38.3 Å². The van der Waals surface area contributed by atoms with Crippen LogP contribution in [0.4, 0.5) is 11.5 Å². The molecule has 0 bridgehead atoms. The first-order valence-electron chi connectivity index (χ1n) is 9.04. The van der Waals surface area contributed by atoms with E-state index in [1.807, 2.05) is 19.1 Å². The minimum Gasteiger partial charge on any atom is -0.473 e. The lowest BCUT2D eigenvalue weighted by Crippen LogP contribution is -2.29. The first kappa shape index (κ1) is 19.2. The Morgan fingerprint density at radius 2 is 1.77 bits per heavy atom. The van der Waals surface area contributed by atoms with E-state index in [9.17, 15) is 0 Å². The lowest BCUT2D eigenvalue weighted by Gasteiger charge is -2.26. The molecule has 2 aromatic rings. The Balaban J connectivity index is 2.00. The number of halogens is 2. The number of aryl methyl sites for hydroxylation is 1. The van der Waals surface area contributed by atoms with Gasteiger partial charge in [-0.25, -0.2) is 4.98 Å². The molecule has 1 aromatic carbocycles. The second-order valence-corrected chi connectivity index (χ2v) is 8.29. The van der Waals surface area contributed by atoms with E-state index in [2.05, 4.69) is 42.6 Å². The monoisotopic (exact) mass is 393 g/mol. The normalized spacial score (nSPS) is 13.8. The number of anilines is 2. The predicted octanol–water partition coefficient (Wildman–Crippen LogP) is 5.85. The Morgan fingerprint density at radius 3 is 2.38 bits per heavy atom. The highest BCUT2D eigenvalue weighted by Crippen LogP contribution is 2.41. The molecule has 3 rings (SSSR count). The van der Waals surface area contributed by atoms with Crippen LogP contribution < -0.4 is 9.64 Å². The number of fused-ring (bicyclic) bond motifs is 1. The summed E-state index contributed by atoms with van der Waals surface area (Å²) in [4.78, 5) is 11.4. The van der Waals surface area contributed by atoms with Gasteiger partial charge in [0.05, 0.1) is 16.3 Å². The Morgan fingerprint density at radius 1 is 1.08 bits per heavy atom. The lowest BCUT2D eigenvalue weighted by molar-refractivity contribution is 0.0983. The Bertz CT molecular complexity index is 800. The summed E-state index contributed by atoms with van der Waals surface area (Å²) in [6.07, 6.45) is 0.939. The van der Waals surface area contributed by atoms with Crippen LogP contribution >= 0.6 is 23.2 Å². The molecule has 0 fully saturated rings.